The third-order valence-corrected chi connectivity index (χ3v) is 5.50. The molecule has 26 heavy (non-hydrogen) atoms. The van der Waals surface area contributed by atoms with Crippen molar-refractivity contribution in [2.24, 2.45) is 0 Å². The first-order valence-electron chi connectivity index (χ1n) is 7.86. The Hall–Kier alpha value is -1.77. The molecular formula is C17H16BrClN4O2S. The molecule has 0 bridgehead atoms. The highest BCUT2D eigenvalue weighted by molar-refractivity contribution is 9.10. The average molecular weight is 456 g/mol. The summed E-state index contributed by atoms with van der Waals surface area (Å²) in [6.45, 7) is 4.52. The van der Waals surface area contributed by atoms with Crippen LogP contribution in [0.25, 0.3) is 11.6 Å². The minimum absolute atomic E-state index is 0.131. The minimum atomic E-state index is -0.131. The van der Waals surface area contributed by atoms with Crippen LogP contribution < -0.4 is 5.32 Å². The van der Waals surface area contributed by atoms with E-state index in [1.165, 1.54) is 11.8 Å². The van der Waals surface area contributed by atoms with Crippen molar-refractivity contribution in [3.8, 4) is 11.6 Å². The van der Waals surface area contributed by atoms with Crippen LogP contribution in [0.15, 0.2) is 44.6 Å². The van der Waals surface area contributed by atoms with Gasteiger partial charge in [-0.1, -0.05) is 29.4 Å². The van der Waals surface area contributed by atoms with E-state index in [9.17, 15) is 4.79 Å². The fourth-order valence-corrected chi connectivity index (χ4v) is 3.64. The molecule has 0 spiro atoms. The topological polar surface area (TPSA) is 73.0 Å². The van der Waals surface area contributed by atoms with Gasteiger partial charge in [0.1, 0.15) is 0 Å². The van der Waals surface area contributed by atoms with Crippen molar-refractivity contribution < 1.29 is 9.21 Å². The number of benzene rings is 1. The quantitative estimate of drug-likeness (QED) is 0.529. The number of carbonyl (C=O) groups excluding carboxylic acids is 1. The van der Waals surface area contributed by atoms with E-state index >= 15 is 0 Å². The average Bonchev–Trinajstić information content (AvgIpc) is 3.22. The third kappa shape index (κ3) is 4.13. The summed E-state index contributed by atoms with van der Waals surface area (Å²) in [5.41, 5.74) is 1.55. The molecule has 136 valence electrons. The monoisotopic (exact) mass is 454 g/mol. The first-order chi connectivity index (χ1) is 12.5. The number of hydrogen-bond donors (Lipinski definition) is 1. The lowest BCUT2D eigenvalue weighted by Gasteiger charge is -2.09. The number of nitrogens with zero attached hydrogens (tertiary/aromatic N) is 3. The fraction of sp³-hybridized carbons (Fsp3) is 0.235. The van der Waals surface area contributed by atoms with Crippen LogP contribution in [0.4, 0.5) is 5.69 Å². The zero-order valence-corrected chi connectivity index (χ0v) is 17.3. The summed E-state index contributed by atoms with van der Waals surface area (Å²) >= 11 is 10.7. The Labute approximate surface area is 168 Å². The van der Waals surface area contributed by atoms with Gasteiger partial charge in [-0.05, 0) is 59.6 Å². The maximum Gasteiger partial charge on any atom is 0.234 e. The number of nitrogens with one attached hydrogen (secondary N) is 1. The van der Waals surface area contributed by atoms with Crippen LogP contribution in [-0.2, 0) is 11.3 Å². The second-order valence-electron chi connectivity index (χ2n) is 5.40. The number of aromatic nitrogens is 3. The molecule has 1 N–H and O–H groups in total. The van der Waals surface area contributed by atoms with Gasteiger partial charge in [0.15, 0.2) is 15.6 Å². The van der Waals surface area contributed by atoms with Gasteiger partial charge >= 0.3 is 0 Å². The molecule has 0 radical (unpaired) electrons. The van der Waals surface area contributed by atoms with E-state index < -0.39 is 0 Å². The summed E-state index contributed by atoms with van der Waals surface area (Å²) in [6, 6.07) is 9.05. The summed E-state index contributed by atoms with van der Waals surface area (Å²) in [4.78, 5) is 12.3. The molecule has 2 aromatic heterocycles. The molecule has 9 heteroatoms. The van der Waals surface area contributed by atoms with E-state index in [-0.39, 0.29) is 11.7 Å². The van der Waals surface area contributed by atoms with E-state index in [1.54, 1.807) is 18.2 Å². The van der Waals surface area contributed by atoms with Crippen molar-refractivity contribution in [1.29, 1.82) is 0 Å². The van der Waals surface area contributed by atoms with Gasteiger partial charge in [-0.3, -0.25) is 9.36 Å². The van der Waals surface area contributed by atoms with Crippen LogP contribution >= 0.6 is 39.3 Å². The normalized spacial score (nSPS) is 10.9. The number of furan rings is 1. The molecule has 0 aliphatic carbocycles. The van der Waals surface area contributed by atoms with Crippen molar-refractivity contribution in [1.82, 2.24) is 14.8 Å². The molecule has 0 atom stereocenters. The smallest absolute Gasteiger partial charge is 0.234 e. The van der Waals surface area contributed by atoms with E-state index in [0.717, 1.165) is 5.56 Å². The number of amides is 1. The molecule has 0 aliphatic heterocycles. The zero-order chi connectivity index (χ0) is 18.7. The summed E-state index contributed by atoms with van der Waals surface area (Å²) in [7, 11) is 0. The van der Waals surface area contributed by atoms with E-state index in [4.69, 9.17) is 16.0 Å². The molecular weight excluding hydrogens is 440 g/mol. The Morgan fingerprint density at radius 1 is 1.35 bits per heavy atom. The highest BCUT2D eigenvalue weighted by atomic mass is 79.9. The van der Waals surface area contributed by atoms with Crippen molar-refractivity contribution in [3.63, 3.8) is 0 Å². The van der Waals surface area contributed by atoms with Crippen LogP contribution in [-0.4, -0.2) is 26.4 Å². The first kappa shape index (κ1) is 19.0. The molecule has 6 nitrogen and oxygen atoms in total. The lowest BCUT2D eigenvalue weighted by Crippen LogP contribution is -2.15. The second kappa shape index (κ2) is 8.28. The number of hydrogen-bond acceptors (Lipinski definition) is 5. The Balaban J connectivity index is 1.69. The molecule has 1 amide bonds. The highest BCUT2D eigenvalue weighted by Crippen LogP contribution is 2.28. The maximum atomic E-state index is 12.3. The van der Waals surface area contributed by atoms with Gasteiger partial charge in [0.05, 0.1) is 5.75 Å². The number of carbonyl (C=O) groups is 1. The molecule has 3 rings (SSSR count). The van der Waals surface area contributed by atoms with Crippen molar-refractivity contribution in [2.45, 2.75) is 25.5 Å². The number of anilines is 1. The number of halogens is 2. The van der Waals surface area contributed by atoms with Gasteiger partial charge in [0.25, 0.3) is 0 Å². The van der Waals surface area contributed by atoms with Gasteiger partial charge < -0.3 is 9.73 Å². The molecule has 0 saturated heterocycles. The third-order valence-electron chi connectivity index (χ3n) is 3.70. The first-order valence-corrected chi connectivity index (χ1v) is 10.0. The SMILES string of the molecule is CCn1c(SCC(=O)Nc2cccc(Cl)c2C)nnc1-c1ccc(Br)o1. The van der Waals surface area contributed by atoms with Gasteiger partial charge in [0, 0.05) is 17.3 Å². The van der Waals surface area contributed by atoms with Gasteiger partial charge in [-0.2, -0.15) is 0 Å². The Morgan fingerprint density at radius 3 is 2.85 bits per heavy atom. The molecule has 3 aromatic rings. The lowest BCUT2D eigenvalue weighted by atomic mass is 10.2. The van der Waals surface area contributed by atoms with E-state index in [2.05, 4.69) is 31.4 Å². The molecule has 0 unspecified atom stereocenters. The van der Waals surface area contributed by atoms with E-state index in [1.807, 2.05) is 30.5 Å². The van der Waals surface area contributed by atoms with Gasteiger partial charge in [-0.25, -0.2) is 0 Å². The molecule has 1 aromatic carbocycles. The van der Waals surface area contributed by atoms with E-state index in [0.29, 0.717) is 38.7 Å². The lowest BCUT2D eigenvalue weighted by molar-refractivity contribution is -0.113. The summed E-state index contributed by atoms with van der Waals surface area (Å²) in [5.74, 6) is 1.34. The zero-order valence-electron chi connectivity index (χ0n) is 14.1. The van der Waals surface area contributed by atoms with Crippen LogP contribution in [0, 0.1) is 6.92 Å². The van der Waals surface area contributed by atoms with Crippen molar-refractivity contribution >= 4 is 50.9 Å². The predicted molar refractivity (Wildman–Crippen MR) is 107 cm³/mol. The highest BCUT2D eigenvalue weighted by Gasteiger charge is 2.17. The Bertz CT molecular complexity index is 941. The standard InChI is InChI=1S/C17H16BrClN4O2S/c1-3-23-16(13-7-8-14(18)25-13)21-22-17(23)26-9-15(24)20-12-6-4-5-11(19)10(12)2/h4-8H,3,9H2,1-2H3,(H,20,24). The number of thioether (sulfide) groups is 1. The molecule has 0 aliphatic rings. The second-order valence-corrected chi connectivity index (χ2v) is 7.53. The summed E-state index contributed by atoms with van der Waals surface area (Å²) < 4.78 is 8.09. The van der Waals surface area contributed by atoms with Crippen LogP contribution in [0.5, 0.6) is 0 Å². The van der Waals surface area contributed by atoms with Crippen LogP contribution in [0.1, 0.15) is 12.5 Å². The summed E-state index contributed by atoms with van der Waals surface area (Å²) in [5, 5.41) is 12.5. The van der Waals surface area contributed by atoms with Crippen molar-refractivity contribution in [2.75, 3.05) is 11.1 Å². The molecule has 0 saturated carbocycles. The minimum Gasteiger partial charge on any atom is -0.446 e. The maximum absolute atomic E-state index is 12.3. The Kier molecular flexibility index (Phi) is 6.05. The largest absolute Gasteiger partial charge is 0.446 e. The molecule has 0 fully saturated rings. The molecule has 2 heterocycles. The van der Waals surface area contributed by atoms with Crippen LogP contribution in [0.2, 0.25) is 5.02 Å². The number of rotatable bonds is 6. The van der Waals surface area contributed by atoms with Crippen molar-refractivity contribution in [3.05, 3.63) is 45.6 Å². The Morgan fingerprint density at radius 2 is 2.15 bits per heavy atom. The summed E-state index contributed by atoms with van der Waals surface area (Å²) in [6.07, 6.45) is 0. The fourth-order valence-electron chi connectivity index (χ4n) is 2.36. The predicted octanol–water partition coefficient (Wildman–Crippen LogP) is 5.01. The van der Waals surface area contributed by atoms with Gasteiger partial charge in [0.2, 0.25) is 11.7 Å². The van der Waals surface area contributed by atoms with Crippen LogP contribution in [0.3, 0.4) is 0 Å². The van der Waals surface area contributed by atoms with Gasteiger partial charge in [-0.15, -0.1) is 10.2 Å².